The monoisotopic (exact) mass is 472 g/mol. The summed E-state index contributed by atoms with van der Waals surface area (Å²) in [5.41, 5.74) is 2.26. The molecule has 2 rings (SSSR count). The maximum Gasteiger partial charge on any atom is 0.307 e. The Labute approximate surface area is 185 Å². The number of carbonyl (C=O) groups excluding carboxylic acids is 2. The molecule has 0 saturated carbocycles. The second-order valence-electron chi connectivity index (χ2n) is 6.39. The number of ether oxygens (including phenoxy) is 1. The second-order valence-corrected chi connectivity index (χ2v) is 8.90. The van der Waals surface area contributed by atoms with E-state index in [0.29, 0.717) is 13.0 Å². The van der Waals surface area contributed by atoms with E-state index in [1.807, 2.05) is 31.2 Å². The predicted molar refractivity (Wildman–Crippen MR) is 115 cm³/mol. The Kier molecular flexibility index (Phi) is 9.10. The first kappa shape index (κ1) is 24.1. The van der Waals surface area contributed by atoms with E-state index in [-0.39, 0.29) is 27.9 Å². The summed E-state index contributed by atoms with van der Waals surface area (Å²) < 4.78 is 31.7. The molecule has 0 radical (unpaired) electrons. The molecule has 0 unspecified atom stereocenters. The summed E-state index contributed by atoms with van der Waals surface area (Å²) in [5.74, 6) is -1.14. The minimum atomic E-state index is -3.99. The molecule has 1 amide bonds. The van der Waals surface area contributed by atoms with Crippen molar-refractivity contribution in [3.63, 3.8) is 0 Å². The molecule has 2 aromatic carbocycles. The molecule has 0 aromatic heterocycles. The van der Waals surface area contributed by atoms with Gasteiger partial charge in [-0.1, -0.05) is 53.5 Å². The van der Waals surface area contributed by atoms with Crippen molar-refractivity contribution in [3.05, 3.63) is 63.6 Å². The van der Waals surface area contributed by atoms with E-state index in [4.69, 9.17) is 27.9 Å². The SMILES string of the molecule is Cc1ccccc1CCNC(=O)COC(=O)CCNS(=O)(=O)c1c(Cl)cccc1Cl. The summed E-state index contributed by atoms with van der Waals surface area (Å²) in [6.45, 7) is 1.75. The Bertz CT molecular complexity index is 992. The molecule has 0 aliphatic carbocycles. The Balaban J connectivity index is 1.69. The number of halogens is 2. The summed E-state index contributed by atoms with van der Waals surface area (Å²) in [6, 6.07) is 12.2. The highest BCUT2D eigenvalue weighted by Crippen LogP contribution is 2.28. The maximum absolute atomic E-state index is 12.3. The van der Waals surface area contributed by atoms with Crippen LogP contribution in [0.1, 0.15) is 17.5 Å². The van der Waals surface area contributed by atoms with E-state index in [9.17, 15) is 18.0 Å². The highest BCUT2D eigenvalue weighted by molar-refractivity contribution is 7.89. The first-order chi connectivity index (χ1) is 14.2. The topological polar surface area (TPSA) is 102 Å². The molecule has 2 N–H and O–H groups in total. The van der Waals surface area contributed by atoms with Crippen LogP contribution in [-0.4, -0.2) is 40.0 Å². The van der Waals surface area contributed by atoms with Crippen LogP contribution in [0.5, 0.6) is 0 Å². The fraction of sp³-hybridized carbons (Fsp3) is 0.300. The summed E-state index contributed by atoms with van der Waals surface area (Å²) in [4.78, 5) is 23.3. The van der Waals surface area contributed by atoms with Crippen molar-refractivity contribution in [1.82, 2.24) is 10.0 Å². The lowest BCUT2D eigenvalue weighted by Gasteiger charge is -2.10. The molecule has 0 aliphatic rings. The number of esters is 1. The first-order valence-electron chi connectivity index (χ1n) is 9.11. The molecule has 0 fully saturated rings. The van der Waals surface area contributed by atoms with E-state index in [0.717, 1.165) is 11.1 Å². The van der Waals surface area contributed by atoms with Gasteiger partial charge < -0.3 is 10.1 Å². The van der Waals surface area contributed by atoms with Gasteiger partial charge in [0.05, 0.1) is 16.5 Å². The van der Waals surface area contributed by atoms with Crippen LogP contribution in [0.25, 0.3) is 0 Å². The molecular weight excluding hydrogens is 451 g/mol. The average Bonchev–Trinajstić information content (AvgIpc) is 2.67. The highest BCUT2D eigenvalue weighted by Gasteiger charge is 2.21. The number of benzene rings is 2. The molecule has 0 atom stereocenters. The van der Waals surface area contributed by atoms with Crippen molar-refractivity contribution < 1.29 is 22.7 Å². The van der Waals surface area contributed by atoms with E-state index in [1.165, 1.54) is 18.2 Å². The third-order valence-electron chi connectivity index (χ3n) is 4.15. The van der Waals surface area contributed by atoms with Gasteiger partial charge in [0.25, 0.3) is 5.91 Å². The Morgan fingerprint density at radius 3 is 2.33 bits per heavy atom. The van der Waals surface area contributed by atoms with Crippen molar-refractivity contribution in [2.24, 2.45) is 0 Å². The summed E-state index contributed by atoms with van der Waals surface area (Å²) in [6.07, 6.45) is 0.413. The van der Waals surface area contributed by atoms with Crippen LogP contribution in [0.3, 0.4) is 0 Å². The van der Waals surface area contributed by atoms with Gasteiger partial charge in [-0.25, -0.2) is 13.1 Å². The molecule has 0 aliphatic heterocycles. The Morgan fingerprint density at radius 2 is 1.67 bits per heavy atom. The van der Waals surface area contributed by atoms with Crippen LogP contribution in [0.4, 0.5) is 0 Å². The van der Waals surface area contributed by atoms with Gasteiger partial charge in [-0.15, -0.1) is 0 Å². The number of nitrogens with one attached hydrogen (secondary N) is 2. The lowest BCUT2D eigenvalue weighted by atomic mass is 10.1. The molecule has 162 valence electrons. The zero-order chi connectivity index (χ0) is 22.1. The van der Waals surface area contributed by atoms with Crippen molar-refractivity contribution in [2.75, 3.05) is 19.7 Å². The quantitative estimate of drug-likeness (QED) is 0.517. The number of carbonyl (C=O) groups is 2. The molecular formula is C20H22Cl2N2O5S. The predicted octanol–water partition coefficient (Wildman–Crippen LogP) is 2.87. The van der Waals surface area contributed by atoms with Crippen LogP contribution >= 0.6 is 23.2 Å². The van der Waals surface area contributed by atoms with Crippen LogP contribution in [0, 0.1) is 6.92 Å². The molecule has 0 saturated heterocycles. The largest absolute Gasteiger partial charge is 0.456 e. The maximum atomic E-state index is 12.3. The van der Waals surface area contributed by atoms with Crippen LogP contribution in [-0.2, 0) is 30.8 Å². The van der Waals surface area contributed by atoms with Crippen molar-refractivity contribution >= 4 is 45.1 Å². The second kappa shape index (κ2) is 11.3. The molecule has 2 aromatic rings. The third-order valence-corrected chi connectivity index (χ3v) is 6.57. The summed E-state index contributed by atoms with van der Waals surface area (Å²) in [5, 5.41) is 2.62. The standard InChI is InChI=1S/C20H22Cl2N2O5S/c1-14-5-2-3-6-15(14)9-11-23-18(25)13-29-19(26)10-12-24-30(27,28)20-16(21)7-4-8-17(20)22/h2-8,24H,9-13H2,1H3,(H,23,25). The molecule has 7 nitrogen and oxygen atoms in total. The van der Waals surface area contributed by atoms with Gasteiger partial charge in [0.2, 0.25) is 10.0 Å². The van der Waals surface area contributed by atoms with Gasteiger partial charge in [0, 0.05) is 13.1 Å². The van der Waals surface area contributed by atoms with Crippen LogP contribution in [0.15, 0.2) is 47.4 Å². The lowest BCUT2D eigenvalue weighted by Crippen LogP contribution is -2.31. The zero-order valence-corrected chi connectivity index (χ0v) is 18.6. The smallest absolute Gasteiger partial charge is 0.307 e. The number of aryl methyl sites for hydroxylation is 1. The highest BCUT2D eigenvalue weighted by atomic mass is 35.5. The number of hydrogen-bond donors (Lipinski definition) is 2. The molecule has 30 heavy (non-hydrogen) atoms. The minimum absolute atomic E-state index is 0.0278. The molecule has 0 bridgehead atoms. The summed E-state index contributed by atoms with van der Waals surface area (Å²) in [7, 11) is -3.99. The lowest BCUT2D eigenvalue weighted by molar-refractivity contribution is -0.148. The molecule has 10 heteroatoms. The zero-order valence-electron chi connectivity index (χ0n) is 16.3. The van der Waals surface area contributed by atoms with Gasteiger partial charge in [-0.3, -0.25) is 9.59 Å². The van der Waals surface area contributed by atoms with Gasteiger partial charge >= 0.3 is 5.97 Å². The van der Waals surface area contributed by atoms with Gasteiger partial charge in [0.15, 0.2) is 6.61 Å². The van der Waals surface area contributed by atoms with Gasteiger partial charge in [-0.05, 0) is 36.6 Å². The van der Waals surface area contributed by atoms with Gasteiger partial charge in [0.1, 0.15) is 4.90 Å². The fourth-order valence-electron chi connectivity index (χ4n) is 2.60. The Morgan fingerprint density at radius 1 is 1.00 bits per heavy atom. The number of sulfonamides is 1. The van der Waals surface area contributed by atoms with Crippen LogP contribution in [0.2, 0.25) is 10.0 Å². The Hall–Kier alpha value is -2.13. The van der Waals surface area contributed by atoms with E-state index >= 15 is 0 Å². The van der Waals surface area contributed by atoms with E-state index in [1.54, 1.807) is 0 Å². The fourth-order valence-corrected chi connectivity index (χ4v) is 4.77. The molecule has 0 spiro atoms. The summed E-state index contributed by atoms with van der Waals surface area (Å²) >= 11 is 11.8. The average molecular weight is 473 g/mol. The third kappa shape index (κ3) is 7.28. The normalized spacial score (nSPS) is 11.2. The van der Waals surface area contributed by atoms with E-state index < -0.39 is 28.5 Å². The van der Waals surface area contributed by atoms with Crippen molar-refractivity contribution in [3.8, 4) is 0 Å². The molecule has 0 heterocycles. The number of rotatable bonds is 10. The number of hydrogen-bond acceptors (Lipinski definition) is 5. The minimum Gasteiger partial charge on any atom is -0.456 e. The van der Waals surface area contributed by atoms with E-state index in [2.05, 4.69) is 10.0 Å². The van der Waals surface area contributed by atoms with Gasteiger partial charge in [-0.2, -0.15) is 0 Å². The first-order valence-corrected chi connectivity index (χ1v) is 11.3. The van der Waals surface area contributed by atoms with Crippen molar-refractivity contribution in [1.29, 1.82) is 0 Å². The number of amides is 1. The van der Waals surface area contributed by atoms with Crippen LogP contribution < -0.4 is 10.0 Å². The van der Waals surface area contributed by atoms with Crippen molar-refractivity contribution in [2.45, 2.75) is 24.7 Å².